The molecule has 0 aliphatic carbocycles. The molecule has 0 aliphatic heterocycles. The first-order valence-electron chi connectivity index (χ1n) is 5.11. The maximum absolute atomic E-state index is 10.4. The van der Waals surface area contributed by atoms with Crippen LogP contribution in [0.15, 0.2) is 11.6 Å². The van der Waals surface area contributed by atoms with Gasteiger partial charge < -0.3 is 14.6 Å². The first-order valence-corrected chi connectivity index (χ1v) is 5.11. The Morgan fingerprint density at radius 2 is 1.94 bits per heavy atom. The van der Waals surface area contributed by atoms with E-state index in [4.69, 9.17) is 19.8 Å². The third-order valence-corrected chi connectivity index (χ3v) is 1.78. The number of hydrogen-bond donors (Lipinski definition) is 1. The van der Waals surface area contributed by atoms with E-state index in [-0.39, 0.29) is 0 Å². The summed E-state index contributed by atoms with van der Waals surface area (Å²) in [6.07, 6.45) is 2.59. The first-order chi connectivity index (χ1) is 7.68. The fraction of sp³-hybridized carbons (Fsp3) is 0.636. The SMILES string of the molecule is CC(=CCCOCCOCCC#N)C(=O)O. The van der Waals surface area contributed by atoms with Crippen LogP contribution in [-0.2, 0) is 14.3 Å². The fourth-order valence-electron chi connectivity index (χ4n) is 0.886. The molecule has 1 N–H and O–H groups in total. The summed E-state index contributed by atoms with van der Waals surface area (Å²) in [5.41, 5.74) is 0.328. The molecule has 0 heterocycles. The number of nitriles is 1. The number of rotatable bonds is 9. The van der Waals surface area contributed by atoms with E-state index in [1.54, 1.807) is 13.0 Å². The van der Waals surface area contributed by atoms with Crippen LogP contribution in [0.1, 0.15) is 19.8 Å². The molecule has 5 nitrogen and oxygen atoms in total. The van der Waals surface area contributed by atoms with E-state index < -0.39 is 5.97 Å². The monoisotopic (exact) mass is 227 g/mol. The van der Waals surface area contributed by atoms with Gasteiger partial charge >= 0.3 is 5.97 Å². The normalized spacial score (nSPS) is 11.1. The molecule has 5 heteroatoms. The van der Waals surface area contributed by atoms with Crippen molar-refractivity contribution in [3.63, 3.8) is 0 Å². The van der Waals surface area contributed by atoms with Gasteiger partial charge in [0.2, 0.25) is 0 Å². The molecule has 0 radical (unpaired) electrons. The standard InChI is InChI=1S/C11H17NO4/c1-10(11(13)14)4-2-6-15-8-9-16-7-3-5-12/h4H,2-3,6-9H2,1H3,(H,13,14). The van der Waals surface area contributed by atoms with Crippen LogP contribution < -0.4 is 0 Å². The highest BCUT2D eigenvalue weighted by atomic mass is 16.5. The highest BCUT2D eigenvalue weighted by Crippen LogP contribution is 1.95. The van der Waals surface area contributed by atoms with E-state index in [0.29, 0.717) is 44.8 Å². The number of carboxylic acids is 1. The van der Waals surface area contributed by atoms with Gasteiger partial charge in [0.1, 0.15) is 0 Å². The molecular formula is C11H17NO4. The smallest absolute Gasteiger partial charge is 0.330 e. The lowest BCUT2D eigenvalue weighted by molar-refractivity contribution is -0.132. The Morgan fingerprint density at radius 1 is 1.31 bits per heavy atom. The van der Waals surface area contributed by atoms with Crippen molar-refractivity contribution in [2.75, 3.05) is 26.4 Å². The third-order valence-electron chi connectivity index (χ3n) is 1.78. The van der Waals surface area contributed by atoms with Crippen molar-refractivity contribution in [3.8, 4) is 6.07 Å². The number of nitrogens with zero attached hydrogens (tertiary/aromatic N) is 1. The number of ether oxygens (including phenoxy) is 2. The van der Waals surface area contributed by atoms with Gasteiger partial charge in [0.15, 0.2) is 0 Å². The largest absolute Gasteiger partial charge is 0.478 e. The predicted molar refractivity (Wildman–Crippen MR) is 57.9 cm³/mol. The molecule has 0 unspecified atom stereocenters. The molecule has 0 atom stereocenters. The molecule has 0 aromatic heterocycles. The van der Waals surface area contributed by atoms with E-state index >= 15 is 0 Å². The Labute approximate surface area is 95.3 Å². The summed E-state index contributed by atoms with van der Waals surface area (Å²) in [5, 5.41) is 16.8. The van der Waals surface area contributed by atoms with Gasteiger partial charge in [-0.15, -0.1) is 0 Å². The Morgan fingerprint density at radius 3 is 2.50 bits per heavy atom. The van der Waals surface area contributed by atoms with Crippen LogP contribution in [0.3, 0.4) is 0 Å². The summed E-state index contributed by atoms with van der Waals surface area (Å²) in [6.45, 7) is 3.38. The van der Waals surface area contributed by atoms with E-state index in [1.165, 1.54) is 0 Å². The second-order valence-electron chi connectivity index (χ2n) is 3.11. The van der Waals surface area contributed by atoms with Crippen LogP contribution in [0.2, 0.25) is 0 Å². The summed E-state index contributed by atoms with van der Waals surface area (Å²) in [6, 6.07) is 1.97. The van der Waals surface area contributed by atoms with Gasteiger partial charge in [0.05, 0.1) is 38.9 Å². The van der Waals surface area contributed by atoms with Crippen LogP contribution in [0.5, 0.6) is 0 Å². The van der Waals surface area contributed by atoms with E-state index in [1.807, 2.05) is 6.07 Å². The highest BCUT2D eigenvalue weighted by molar-refractivity contribution is 5.85. The number of aliphatic carboxylic acids is 1. The van der Waals surface area contributed by atoms with Crippen LogP contribution in [0.4, 0.5) is 0 Å². The van der Waals surface area contributed by atoms with Crippen molar-refractivity contribution < 1.29 is 19.4 Å². The molecule has 0 saturated heterocycles. The summed E-state index contributed by atoms with van der Waals surface area (Å²) in [5.74, 6) is -0.903. The van der Waals surface area contributed by atoms with Gasteiger partial charge in [-0.25, -0.2) is 4.79 Å². The molecule has 0 aromatic rings. The number of hydrogen-bond acceptors (Lipinski definition) is 4. The minimum atomic E-state index is -0.903. The van der Waals surface area contributed by atoms with Gasteiger partial charge in [0.25, 0.3) is 0 Å². The van der Waals surface area contributed by atoms with Gasteiger partial charge in [-0.1, -0.05) is 6.08 Å². The zero-order chi connectivity index (χ0) is 12.2. The Balaban J connectivity index is 3.25. The van der Waals surface area contributed by atoms with E-state index in [2.05, 4.69) is 0 Å². The van der Waals surface area contributed by atoms with Gasteiger partial charge in [0, 0.05) is 5.57 Å². The van der Waals surface area contributed by atoms with Gasteiger partial charge in [-0.3, -0.25) is 0 Å². The molecular weight excluding hydrogens is 210 g/mol. The molecule has 90 valence electrons. The molecule has 0 fully saturated rings. The maximum Gasteiger partial charge on any atom is 0.330 e. The Kier molecular flexibility index (Phi) is 9.27. The minimum absolute atomic E-state index is 0.328. The first kappa shape index (κ1) is 14.6. The van der Waals surface area contributed by atoms with Crippen LogP contribution in [0, 0.1) is 11.3 Å². The maximum atomic E-state index is 10.4. The van der Waals surface area contributed by atoms with Crippen molar-refractivity contribution in [1.29, 1.82) is 5.26 Å². The Bertz CT molecular complexity index is 268. The summed E-state index contributed by atoms with van der Waals surface area (Å²) in [4.78, 5) is 10.4. The molecule has 0 aliphatic rings. The van der Waals surface area contributed by atoms with E-state index in [0.717, 1.165) is 0 Å². The van der Waals surface area contributed by atoms with Crippen molar-refractivity contribution >= 4 is 5.97 Å². The van der Waals surface area contributed by atoms with Crippen LogP contribution in [-0.4, -0.2) is 37.5 Å². The second kappa shape index (κ2) is 10.1. The molecule has 0 bridgehead atoms. The average molecular weight is 227 g/mol. The third kappa shape index (κ3) is 9.19. The summed E-state index contributed by atoms with van der Waals surface area (Å²) < 4.78 is 10.3. The summed E-state index contributed by atoms with van der Waals surface area (Å²) >= 11 is 0. The second-order valence-corrected chi connectivity index (χ2v) is 3.11. The van der Waals surface area contributed by atoms with Gasteiger partial charge in [-0.05, 0) is 13.3 Å². The topological polar surface area (TPSA) is 79.5 Å². The zero-order valence-corrected chi connectivity index (χ0v) is 9.44. The quantitative estimate of drug-likeness (QED) is 0.475. The lowest BCUT2D eigenvalue weighted by Gasteiger charge is -2.02. The van der Waals surface area contributed by atoms with Crippen molar-refractivity contribution in [2.45, 2.75) is 19.8 Å². The van der Waals surface area contributed by atoms with Crippen LogP contribution >= 0.6 is 0 Å². The lowest BCUT2D eigenvalue weighted by Crippen LogP contribution is -2.06. The highest BCUT2D eigenvalue weighted by Gasteiger charge is 1.97. The zero-order valence-electron chi connectivity index (χ0n) is 9.44. The Hall–Kier alpha value is -1.38. The molecule has 0 spiro atoms. The van der Waals surface area contributed by atoms with Crippen molar-refractivity contribution in [2.24, 2.45) is 0 Å². The predicted octanol–water partition coefficient (Wildman–Crippen LogP) is 1.35. The molecule has 0 rings (SSSR count). The van der Waals surface area contributed by atoms with Crippen molar-refractivity contribution in [1.82, 2.24) is 0 Å². The van der Waals surface area contributed by atoms with Crippen LogP contribution in [0.25, 0.3) is 0 Å². The van der Waals surface area contributed by atoms with Crippen molar-refractivity contribution in [3.05, 3.63) is 11.6 Å². The summed E-state index contributed by atoms with van der Waals surface area (Å²) in [7, 11) is 0. The molecule has 16 heavy (non-hydrogen) atoms. The molecule has 0 amide bonds. The number of carbonyl (C=O) groups is 1. The lowest BCUT2D eigenvalue weighted by atomic mass is 10.2. The van der Waals surface area contributed by atoms with Gasteiger partial charge in [-0.2, -0.15) is 5.26 Å². The average Bonchev–Trinajstić information content (AvgIpc) is 2.26. The number of carboxylic acid groups (broad SMARTS) is 1. The molecule has 0 saturated carbocycles. The van der Waals surface area contributed by atoms with E-state index in [9.17, 15) is 4.79 Å². The minimum Gasteiger partial charge on any atom is -0.478 e. The molecule has 0 aromatic carbocycles. The fourth-order valence-corrected chi connectivity index (χ4v) is 0.886.